The van der Waals surface area contributed by atoms with Crippen molar-refractivity contribution in [1.29, 1.82) is 0 Å². The van der Waals surface area contributed by atoms with Crippen LogP contribution in [0.25, 0.3) is 0 Å². The molecule has 0 fully saturated rings. The highest BCUT2D eigenvalue weighted by molar-refractivity contribution is 6.29. The van der Waals surface area contributed by atoms with E-state index in [2.05, 4.69) is 4.98 Å². The summed E-state index contributed by atoms with van der Waals surface area (Å²) in [5, 5.41) is 0.341. The third-order valence-electron chi connectivity index (χ3n) is 2.06. The van der Waals surface area contributed by atoms with Crippen molar-refractivity contribution in [1.82, 2.24) is 4.98 Å². The van der Waals surface area contributed by atoms with Crippen molar-refractivity contribution in [2.24, 2.45) is 0 Å². The minimum Gasteiger partial charge on any atom is -0.460 e. The van der Waals surface area contributed by atoms with Crippen molar-refractivity contribution in [3.63, 3.8) is 0 Å². The lowest BCUT2D eigenvalue weighted by atomic mass is 10.3. The zero-order valence-electron chi connectivity index (χ0n) is 10.2. The van der Waals surface area contributed by atoms with Crippen LogP contribution in [0.4, 0.5) is 0 Å². The van der Waals surface area contributed by atoms with Gasteiger partial charge in [-0.05, 0) is 18.6 Å². The molecule has 1 heterocycles. The van der Waals surface area contributed by atoms with Gasteiger partial charge in [-0.1, -0.05) is 11.6 Å². The third-order valence-corrected chi connectivity index (χ3v) is 2.28. The molecular weight excluding hydrogens is 258 g/mol. The Morgan fingerprint density at radius 1 is 1.28 bits per heavy atom. The lowest BCUT2D eigenvalue weighted by Gasteiger charge is -2.05. The van der Waals surface area contributed by atoms with E-state index in [0.29, 0.717) is 30.5 Å². The second-order valence-corrected chi connectivity index (χ2v) is 3.85. The number of hydrogen-bond acceptors (Lipinski definition) is 5. The molecular formula is C12H16ClNO4. The van der Waals surface area contributed by atoms with E-state index in [-0.39, 0.29) is 6.61 Å². The van der Waals surface area contributed by atoms with E-state index in [1.807, 2.05) is 0 Å². The van der Waals surface area contributed by atoms with Crippen LogP contribution < -0.4 is 0 Å². The van der Waals surface area contributed by atoms with Crippen LogP contribution in [0.2, 0.25) is 5.15 Å². The second-order valence-electron chi connectivity index (χ2n) is 3.46. The van der Waals surface area contributed by atoms with Gasteiger partial charge in [0.15, 0.2) is 0 Å². The van der Waals surface area contributed by atoms with E-state index in [9.17, 15) is 4.79 Å². The Balaban J connectivity index is 2.12. The lowest BCUT2D eigenvalue weighted by Crippen LogP contribution is -2.12. The van der Waals surface area contributed by atoms with Crippen LogP contribution in [0.1, 0.15) is 16.8 Å². The summed E-state index contributed by atoms with van der Waals surface area (Å²) in [4.78, 5) is 15.3. The van der Waals surface area contributed by atoms with Crippen LogP contribution in [0.3, 0.4) is 0 Å². The molecule has 1 rings (SSSR count). The number of methoxy groups -OCH3 is 1. The van der Waals surface area contributed by atoms with Gasteiger partial charge in [-0.25, -0.2) is 9.78 Å². The zero-order chi connectivity index (χ0) is 13.2. The molecule has 5 nitrogen and oxygen atoms in total. The van der Waals surface area contributed by atoms with Gasteiger partial charge in [0.1, 0.15) is 11.8 Å². The van der Waals surface area contributed by atoms with Gasteiger partial charge in [-0.15, -0.1) is 0 Å². The predicted octanol–water partition coefficient (Wildman–Crippen LogP) is 1.94. The van der Waals surface area contributed by atoms with Crippen LogP contribution >= 0.6 is 11.6 Å². The fraction of sp³-hybridized carbons (Fsp3) is 0.500. The molecule has 100 valence electrons. The van der Waals surface area contributed by atoms with Crippen molar-refractivity contribution >= 4 is 17.6 Å². The first-order valence-electron chi connectivity index (χ1n) is 5.59. The quantitative estimate of drug-likeness (QED) is 0.412. The molecule has 0 saturated carbocycles. The van der Waals surface area contributed by atoms with Crippen LogP contribution in [0, 0.1) is 0 Å². The fourth-order valence-electron chi connectivity index (χ4n) is 1.18. The number of ether oxygens (including phenoxy) is 3. The molecule has 0 bridgehead atoms. The number of carbonyl (C=O) groups excluding carboxylic acids is 1. The molecule has 0 aromatic carbocycles. The fourth-order valence-corrected chi connectivity index (χ4v) is 1.29. The molecule has 0 amide bonds. The summed E-state index contributed by atoms with van der Waals surface area (Å²) in [6, 6.07) is 3.11. The van der Waals surface area contributed by atoms with E-state index < -0.39 is 5.97 Å². The Bertz CT molecular complexity index is 356. The third kappa shape index (κ3) is 5.95. The average Bonchev–Trinajstić information content (AvgIpc) is 2.38. The summed E-state index contributed by atoms with van der Waals surface area (Å²) in [6.45, 7) is 1.84. The normalized spacial score (nSPS) is 10.3. The van der Waals surface area contributed by atoms with E-state index in [0.717, 1.165) is 6.42 Å². The van der Waals surface area contributed by atoms with Crippen molar-refractivity contribution < 1.29 is 19.0 Å². The Labute approximate surface area is 111 Å². The van der Waals surface area contributed by atoms with Crippen molar-refractivity contribution in [3.05, 3.63) is 29.0 Å². The van der Waals surface area contributed by atoms with Crippen LogP contribution in [0.15, 0.2) is 18.3 Å². The molecule has 0 unspecified atom stereocenters. The summed E-state index contributed by atoms with van der Waals surface area (Å²) in [7, 11) is 1.64. The largest absolute Gasteiger partial charge is 0.460 e. The van der Waals surface area contributed by atoms with E-state index in [1.165, 1.54) is 6.20 Å². The number of aromatic nitrogens is 1. The molecule has 0 aliphatic rings. The maximum Gasteiger partial charge on any atom is 0.339 e. The van der Waals surface area contributed by atoms with Gasteiger partial charge in [-0.2, -0.15) is 0 Å². The molecule has 0 saturated heterocycles. The Morgan fingerprint density at radius 2 is 2.11 bits per heavy atom. The first-order valence-corrected chi connectivity index (χ1v) is 5.97. The molecule has 0 spiro atoms. The minimum atomic E-state index is -0.431. The van der Waals surface area contributed by atoms with Gasteiger partial charge in [0.2, 0.25) is 0 Å². The number of nitrogens with zero attached hydrogens (tertiary/aromatic N) is 1. The van der Waals surface area contributed by atoms with Crippen molar-refractivity contribution in [2.45, 2.75) is 6.42 Å². The number of carbonyl (C=O) groups is 1. The Hall–Kier alpha value is -1.17. The monoisotopic (exact) mass is 273 g/mol. The van der Waals surface area contributed by atoms with E-state index in [1.54, 1.807) is 19.2 Å². The number of hydrogen-bond donors (Lipinski definition) is 0. The summed E-state index contributed by atoms with van der Waals surface area (Å²) in [5.74, 6) is -0.431. The highest BCUT2D eigenvalue weighted by atomic mass is 35.5. The molecule has 0 atom stereocenters. The van der Waals surface area contributed by atoms with Gasteiger partial charge in [0.05, 0.1) is 12.2 Å². The van der Waals surface area contributed by atoms with Crippen molar-refractivity contribution in [3.8, 4) is 0 Å². The van der Waals surface area contributed by atoms with Crippen molar-refractivity contribution in [2.75, 3.05) is 33.5 Å². The topological polar surface area (TPSA) is 57.7 Å². The molecule has 1 aromatic heterocycles. The maximum atomic E-state index is 11.5. The number of esters is 1. The second kappa shape index (κ2) is 8.85. The summed E-state index contributed by atoms with van der Waals surface area (Å²) in [6.07, 6.45) is 2.20. The first kappa shape index (κ1) is 14.9. The highest BCUT2D eigenvalue weighted by Crippen LogP contribution is 2.06. The minimum absolute atomic E-state index is 0.217. The number of rotatable bonds is 8. The van der Waals surface area contributed by atoms with E-state index in [4.69, 9.17) is 25.8 Å². The van der Waals surface area contributed by atoms with Crippen LogP contribution in [-0.4, -0.2) is 44.5 Å². The summed E-state index contributed by atoms with van der Waals surface area (Å²) in [5.41, 5.74) is 0.374. The van der Waals surface area contributed by atoms with Gasteiger partial charge in [0, 0.05) is 26.5 Å². The van der Waals surface area contributed by atoms with Gasteiger partial charge < -0.3 is 14.2 Å². The molecule has 0 N–H and O–H groups in total. The van der Waals surface area contributed by atoms with Crippen LogP contribution in [-0.2, 0) is 14.2 Å². The molecule has 0 aliphatic carbocycles. The number of pyridine rings is 1. The summed E-state index contributed by atoms with van der Waals surface area (Å²) >= 11 is 5.61. The Morgan fingerprint density at radius 3 is 2.78 bits per heavy atom. The SMILES string of the molecule is COCCCOCCOC(=O)c1ccc(Cl)nc1. The highest BCUT2D eigenvalue weighted by Gasteiger charge is 2.06. The van der Waals surface area contributed by atoms with Gasteiger partial charge >= 0.3 is 5.97 Å². The molecule has 1 aromatic rings. The Kier molecular flexibility index (Phi) is 7.32. The standard InChI is InChI=1S/C12H16ClNO4/c1-16-5-2-6-17-7-8-18-12(15)10-3-4-11(13)14-9-10/h3-4,9H,2,5-8H2,1H3. The predicted molar refractivity (Wildman–Crippen MR) is 66.8 cm³/mol. The molecule has 0 aliphatic heterocycles. The lowest BCUT2D eigenvalue weighted by molar-refractivity contribution is 0.0288. The smallest absolute Gasteiger partial charge is 0.339 e. The van der Waals surface area contributed by atoms with Gasteiger partial charge in [0.25, 0.3) is 0 Å². The molecule has 0 radical (unpaired) electrons. The van der Waals surface area contributed by atoms with E-state index >= 15 is 0 Å². The van der Waals surface area contributed by atoms with Crippen LogP contribution in [0.5, 0.6) is 0 Å². The zero-order valence-corrected chi connectivity index (χ0v) is 11.0. The molecule has 6 heteroatoms. The van der Waals surface area contributed by atoms with Gasteiger partial charge in [-0.3, -0.25) is 0 Å². The molecule has 18 heavy (non-hydrogen) atoms. The summed E-state index contributed by atoms with van der Waals surface area (Å²) < 4.78 is 15.1. The average molecular weight is 274 g/mol. The maximum absolute atomic E-state index is 11.5. The number of halogens is 1. The first-order chi connectivity index (χ1) is 8.74.